The Morgan fingerprint density at radius 3 is 2.46 bits per heavy atom. The number of hydrogen-bond acceptors (Lipinski definition) is 2. The first kappa shape index (κ1) is 28.7. The van der Waals surface area contributed by atoms with Gasteiger partial charge >= 0.3 is 0 Å². The third kappa shape index (κ3) is 5.19. The SMILES string of the molecule is C=c1cc2c(cc1C(C)CCCC)=C(c1cc(Cl)c(Cl)c(Cl)c1Cl)c1cc3c(cc1O2)N(CC)CCCC3C. The Balaban J connectivity index is 1.87. The molecule has 2 aliphatic rings. The number of ether oxygens (including phenoxy) is 1. The van der Waals surface area contributed by atoms with Crippen LogP contribution in [0.3, 0.4) is 0 Å². The molecule has 3 aromatic carbocycles. The van der Waals surface area contributed by atoms with E-state index in [0.29, 0.717) is 21.9 Å². The summed E-state index contributed by atoms with van der Waals surface area (Å²) >= 11 is 26.5. The third-order valence-electron chi connectivity index (χ3n) is 8.34. The fourth-order valence-electron chi connectivity index (χ4n) is 6.08. The summed E-state index contributed by atoms with van der Waals surface area (Å²) in [6.45, 7) is 15.4. The zero-order chi connectivity index (χ0) is 28.0. The number of unbranched alkanes of at least 4 members (excludes halogenated alkanes) is 1. The molecule has 0 spiro atoms. The van der Waals surface area contributed by atoms with Crippen LogP contribution in [0.1, 0.15) is 93.9 Å². The Morgan fingerprint density at radius 2 is 1.74 bits per heavy atom. The molecule has 0 aromatic heterocycles. The molecule has 2 heterocycles. The van der Waals surface area contributed by atoms with Crippen LogP contribution in [-0.2, 0) is 0 Å². The lowest BCUT2D eigenvalue weighted by atomic mass is 9.86. The average molecular weight is 603 g/mol. The molecule has 0 bridgehead atoms. The second-order valence-corrected chi connectivity index (χ2v) is 12.5. The fraction of sp³-hybridized carbons (Fsp3) is 0.394. The second kappa shape index (κ2) is 11.6. The van der Waals surface area contributed by atoms with Crippen LogP contribution in [-0.4, -0.2) is 13.1 Å². The van der Waals surface area contributed by atoms with Crippen molar-refractivity contribution in [2.24, 2.45) is 0 Å². The molecule has 6 heteroatoms. The number of nitrogens with zero attached hydrogens (tertiary/aromatic N) is 1. The average Bonchev–Trinajstić information content (AvgIpc) is 3.07. The summed E-state index contributed by atoms with van der Waals surface area (Å²) in [6.07, 6.45) is 5.72. The third-order valence-corrected chi connectivity index (χ3v) is 10.1. The van der Waals surface area contributed by atoms with Crippen molar-refractivity contribution in [1.82, 2.24) is 0 Å². The van der Waals surface area contributed by atoms with Crippen molar-refractivity contribution in [2.45, 2.75) is 71.6 Å². The predicted octanol–water partition coefficient (Wildman–Crippen LogP) is 10.1. The van der Waals surface area contributed by atoms with E-state index in [1.807, 2.05) is 6.07 Å². The Hall–Kier alpha value is -1.84. The van der Waals surface area contributed by atoms with Gasteiger partial charge in [-0.1, -0.05) is 86.6 Å². The summed E-state index contributed by atoms with van der Waals surface area (Å²) in [4.78, 5) is 2.45. The maximum absolute atomic E-state index is 6.93. The van der Waals surface area contributed by atoms with E-state index in [9.17, 15) is 0 Å². The van der Waals surface area contributed by atoms with Gasteiger partial charge in [0.2, 0.25) is 0 Å². The van der Waals surface area contributed by atoms with Gasteiger partial charge in [0, 0.05) is 46.8 Å². The number of fused-ring (bicyclic) bond motifs is 3. The van der Waals surface area contributed by atoms with Crippen LogP contribution in [0.2, 0.25) is 20.1 Å². The molecule has 39 heavy (non-hydrogen) atoms. The minimum atomic E-state index is 0.258. The molecule has 0 saturated carbocycles. The van der Waals surface area contributed by atoms with Crippen LogP contribution in [0, 0.1) is 0 Å². The zero-order valence-corrected chi connectivity index (χ0v) is 26.1. The molecule has 5 rings (SSSR count). The molecule has 0 amide bonds. The molecule has 2 atom stereocenters. The summed E-state index contributed by atoms with van der Waals surface area (Å²) < 4.78 is 6.66. The van der Waals surface area contributed by atoms with E-state index in [2.05, 4.69) is 63.4 Å². The number of halogens is 4. The van der Waals surface area contributed by atoms with Gasteiger partial charge in [0.25, 0.3) is 0 Å². The highest BCUT2D eigenvalue weighted by Crippen LogP contribution is 2.48. The van der Waals surface area contributed by atoms with Crippen molar-refractivity contribution < 1.29 is 4.74 Å². The molecule has 2 unspecified atom stereocenters. The highest BCUT2D eigenvalue weighted by atomic mass is 35.5. The molecule has 206 valence electrons. The number of rotatable bonds is 6. The quantitative estimate of drug-likeness (QED) is 0.161. The monoisotopic (exact) mass is 601 g/mol. The van der Waals surface area contributed by atoms with E-state index in [1.165, 1.54) is 23.2 Å². The molecule has 0 aliphatic carbocycles. The van der Waals surface area contributed by atoms with Crippen molar-refractivity contribution in [1.29, 1.82) is 0 Å². The van der Waals surface area contributed by atoms with Gasteiger partial charge in [-0.15, -0.1) is 0 Å². The van der Waals surface area contributed by atoms with Crippen LogP contribution in [0.15, 0.2) is 30.3 Å². The highest BCUT2D eigenvalue weighted by molar-refractivity contribution is 6.52. The van der Waals surface area contributed by atoms with Crippen molar-refractivity contribution in [3.8, 4) is 11.5 Å². The Labute approximate surface area is 252 Å². The van der Waals surface area contributed by atoms with Crippen LogP contribution in [0.5, 0.6) is 11.5 Å². The summed E-state index contributed by atoms with van der Waals surface area (Å²) in [5.41, 5.74) is 6.48. The van der Waals surface area contributed by atoms with Gasteiger partial charge in [-0.05, 0) is 78.6 Å². The molecule has 2 nitrogen and oxygen atoms in total. The van der Waals surface area contributed by atoms with Crippen molar-refractivity contribution in [3.63, 3.8) is 0 Å². The van der Waals surface area contributed by atoms with Gasteiger partial charge in [-0.25, -0.2) is 0 Å². The van der Waals surface area contributed by atoms with Gasteiger partial charge in [0.05, 0.1) is 20.1 Å². The maximum atomic E-state index is 6.93. The minimum absolute atomic E-state index is 0.258. The van der Waals surface area contributed by atoms with E-state index >= 15 is 0 Å². The zero-order valence-electron chi connectivity index (χ0n) is 23.1. The molecular weight excluding hydrogens is 568 g/mol. The summed E-state index contributed by atoms with van der Waals surface area (Å²) in [5, 5.41) is 3.23. The minimum Gasteiger partial charge on any atom is -0.456 e. The first-order valence-electron chi connectivity index (χ1n) is 14.0. The largest absolute Gasteiger partial charge is 0.456 e. The number of benzene rings is 3. The topological polar surface area (TPSA) is 12.5 Å². The van der Waals surface area contributed by atoms with E-state index in [-0.39, 0.29) is 10.0 Å². The molecule has 0 N–H and O–H groups in total. The van der Waals surface area contributed by atoms with Crippen molar-refractivity contribution >= 4 is 64.2 Å². The maximum Gasteiger partial charge on any atom is 0.137 e. The lowest BCUT2D eigenvalue weighted by Gasteiger charge is -2.29. The number of hydrogen-bond donors (Lipinski definition) is 0. The predicted molar refractivity (Wildman–Crippen MR) is 169 cm³/mol. The Kier molecular flexibility index (Phi) is 8.51. The normalized spacial score (nSPS) is 17.2. The van der Waals surface area contributed by atoms with E-state index in [1.54, 1.807) is 0 Å². The van der Waals surface area contributed by atoms with Crippen molar-refractivity contribution in [3.05, 3.63) is 83.1 Å². The Bertz CT molecular complexity index is 1550. The molecule has 3 aromatic rings. The van der Waals surface area contributed by atoms with Gasteiger partial charge in [-0.2, -0.15) is 0 Å². The van der Waals surface area contributed by atoms with Crippen LogP contribution < -0.4 is 20.1 Å². The molecule has 2 aliphatic heterocycles. The molecule has 0 radical (unpaired) electrons. The van der Waals surface area contributed by atoms with E-state index < -0.39 is 0 Å². The van der Waals surface area contributed by atoms with Gasteiger partial charge < -0.3 is 9.64 Å². The first-order valence-corrected chi connectivity index (χ1v) is 15.5. The highest BCUT2D eigenvalue weighted by Gasteiger charge is 2.29. The van der Waals surface area contributed by atoms with Crippen LogP contribution >= 0.6 is 46.4 Å². The first-order chi connectivity index (χ1) is 18.7. The van der Waals surface area contributed by atoms with E-state index in [4.69, 9.17) is 51.1 Å². The van der Waals surface area contributed by atoms with Crippen LogP contribution in [0.4, 0.5) is 5.69 Å². The summed E-state index contributed by atoms with van der Waals surface area (Å²) in [6, 6.07) is 10.6. The lowest BCUT2D eigenvalue weighted by Crippen LogP contribution is -2.26. The van der Waals surface area contributed by atoms with Gasteiger partial charge in [0.15, 0.2) is 0 Å². The second-order valence-electron chi connectivity index (χ2n) is 10.9. The smallest absolute Gasteiger partial charge is 0.137 e. The van der Waals surface area contributed by atoms with Crippen molar-refractivity contribution in [2.75, 3.05) is 18.0 Å². The lowest BCUT2D eigenvalue weighted by molar-refractivity contribution is 0.470. The summed E-state index contributed by atoms with van der Waals surface area (Å²) in [7, 11) is 0. The van der Waals surface area contributed by atoms with Gasteiger partial charge in [-0.3, -0.25) is 0 Å². The van der Waals surface area contributed by atoms with Crippen LogP contribution in [0.25, 0.3) is 12.2 Å². The van der Waals surface area contributed by atoms with Gasteiger partial charge in [0.1, 0.15) is 11.5 Å². The Morgan fingerprint density at radius 1 is 0.974 bits per heavy atom. The number of anilines is 1. The standard InChI is InChI=1S/C33H35Cl4NO/c1-6-8-10-18(3)21-14-23-28(13-20(21)5)39-29-17-27-22(19(4)11-9-12-38(27)7-2)15-24(29)30(23)25-16-26(34)32(36)33(37)31(25)35/h13-19H,5-12H2,1-4H3. The molecule has 0 saturated heterocycles. The summed E-state index contributed by atoms with van der Waals surface area (Å²) in [5.74, 6) is 2.35. The fourth-order valence-corrected chi connectivity index (χ4v) is 6.98. The molecular formula is C33H35Cl4NO. The molecule has 0 fully saturated rings. The van der Waals surface area contributed by atoms with E-state index in [0.717, 1.165) is 77.4 Å².